The third-order valence-corrected chi connectivity index (χ3v) is 6.02. The van der Waals surface area contributed by atoms with Crippen molar-refractivity contribution in [2.24, 2.45) is 0 Å². The first-order valence-electron chi connectivity index (χ1n) is 10.5. The Morgan fingerprint density at radius 3 is 2.26 bits per heavy atom. The van der Waals surface area contributed by atoms with Crippen LogP contribution in [0.4, 0.5) is 0 Å². The number of nitro groups is 1. The molecule has 8 heteroatoms. The molecule has 0 spiro atoms. The maximum atomic E-state index is 13.5. The summed E-state index contributed by atoms with van der Waals surface area (Å²) in [5, 5.41) is 15.6. The standard InChI is InChI=1S/C26H17ClN2O5/c27-17-10-6-9-16(13-17)20-21-23(30)18-11-4-5-12-19(18)24(31)25(21)34-26(22(20)29(32)33)28-14-15-7-2-1-3-8-15/h1-13,20,28H,14H2. The summed E-state index contributed by atoms with van der Waals surface area (Å²) in [4.78, 5) is 38.6. The van der Waals surface area contributed by atoms with E-state index in [1.54, 1.807) is 42.5 Å². The zero-order chi connectivity index (χ0) is 23.8. The highest BCUT2D eigenvalue weighted by molar-refractivity contribution is 6.30. The molecule has 2 aliphatic rings. The normalized spacial score (nSPS) is 17.1. The molecule has 0 radical (unpaired) electrons. The van der Waals surface area contributed by atoms with E-state index in [-0.39, 0.29) is 40.6 Å². The van der Waals surface area contributed by atoms with Crippen molar-refractivity contribution in [3.05, 3.63) is 139 Å². The fourth-order valence-electron chi connectivity index (χ4n) is 4.26. The first-order valence-corrected chi connectivity index (χ1v) is 10.9. The minimum Gasteiger partial charge on any atom is -0.431 e. The Labute approximate surface area is 199 Å². The molecule has 3 aromatic rings. The van der Waals surface area contributed by atoms with Crippen molar-refractivity contribution in [1.82, 2.24) is 5.32 Å². The summed E-state index contributed by atoms with van der Waals surface area (Å²) in [5.74, 6) is -2.54. The molecule has 0 aromatic heterocycles. The number of carbonyl (C=O) groups is 2. The van der Waals surface area contributed by atoms with E-state index >= 15 is 0 Å². The molecule has 1 aliphatic heterocycles. The summed E-state index contributed by atoms with van der Waals surface area (Å²) < 4.78 is 5.81. The molecule has 1 N–H and O–H groups in total. The van der Waals surface area contributed by atoms with Gasteiger partial charge in [0.2, 0.25) is 5.78 Å². The van der Waals surface area contributed by atoms with Gasteiger partial charge in [0.1, 0.15) is 5.92 Å². The van der Waals surface area contributed by atoms with Gasteiger partial charge < -0.3 is 10.1 Å². The number of ketones is 2. The summed E-state index contributed by atoms with van der Waals surface area (Å²) in [7, 11) is 0. The minimum atomic E-state index is -1.15. The van der Waals surface area contributed by atoms with Crippen LogP contribution in [0.2, 0.25) is 5.02 Å². The van der Waals surface area contributed by atoms with Gasteiger partial charge in [-0.15, -0.1) is 0 Å². The lowest BCUT2D eigenvalue weighted by molar-refractivity contribution is -0.433. The second kappa shape index (κ2) is 8.61. The van der Waals surface area contributed by atoms with Crippen molar-refractivity contribution in [3.63, 3.8) is 0 Å². The lowest BCUT2D eigenvalue weighted by Gasteiger charge is -2.30. The molecule has 7 nitrogen and oxygen atoms in total. The number of hydrogen-bond acceptors (Lipinski definition) is 6. The fraction of sp³-hybridized carbons (Fsp3) is 0.0769. The molecule has 1 atom stereocenters. The van der Waals surface area contributed by atoms with Crippen LogP contribution in [0.3, 0.4) is 0 Å². The summed E-state index contributed by atoms with van der Waals surface area (Å²) in [6.07, 6.45) is 0. The molecule has 168 valence electrons. The lowest BCUT2D eigenvalue weighted by Crippen LogP contribution is -2.35. The van der Waals surface area contributed by atoms with Crippen LogP contribution in [0.1, 0.15) is 37.8 Å². The lowest BCUT2D eigenvalue weighted by atomic mass is 9.77. The first kappa shape index (κ1) is 21.6. The Morgan fingerprint density at radius 2 is 1.59 bits per heavy atom. The second-order valence-corrected chi connectivity index (χ2v) is 8.28. The van der Waals surface area contributed by atoms with E-state index in [1.165, 1.54) is 6.07 Å². The topological polar surface area (TPSA) is 98.5 Å². The number of Topliss-reactive ketones (excluding diaryl/α,β-unsaturated/α-hetero) is 2. The van der Waals surface area contributed by atoms with Crippen LogP contribution >= 0.6 is 11.6 Å². The smallest absolute Gasteiger partial charge is 0.317 e. The van der Waals surface area contributed by atoms with Gasteiger partial charge in [0, 0.05) is 22.7 Å². The average Bonchev–Trinajstić information content (AvgIpc) is 2.85. The molecule has 0 bridgehead atoms. The molecular weight excluding hydrogens is 456 g/mol. The van der Waals surface area contributed by atoms with Crippen molar-refractivity contribution < 1.29 is 19.2 Å². The maximum Gasteiger partial charge on any atom is 0.317 e. The van der Waals surface area contributed by atoms with Crippen molar-refractivity contribution in [3.8, 4) is 0 Å². The number of carbonyl (C=O) groups excluding carboxylic acids is 2. The van der Waals surface area contributed by atoms with Crippen LogP contribution in [0.15, 0.2) is 102 Å². The SMILES string of the molecule is O=C1C2=C(C(=O)c3ccccc31)C(c1cccc(Cl)c1)C([N+](=O)[O-])=C(NCc1ccccc1)O2. The molecule has 0 saturated heterocycles. The Bertz CT molecular complexity index is 1410. The van der Waals surface area contributed by atoms with E-state index in [1.807, 2.05) is 30.3 Å². The van der Waals surface area contributed by atoms with Gasteiger partial charge in [-0.2, -0.15) is 0 Å². The largest absolute Gasteiger partial charge is 0.431 e. The predicted octanol–water partition coefficient (Wildman–Crippen LogP) is 5.02. The van der Waals surface area contributed by atoms with E-state index in [0.717, 1.165) is 5.56 Å². The zero-order valence-electron chi connectivity index (χ0n) is 17.7. The predicted molar refractivity (Wildman–Crippen MR) is 125 cm³/mol. The average molecular weight is 473 g/mol. The highest BCUT2D eigenvalue weighted by Crippen LogP contribution is 2.45. The van der Waals surface area contributed by atoms with Crippen LogP contribution in [-0.2, 0) is 11.3 Å². The van der Waals surface area contributed by atoms with Gasteiger partial charge in [0.25, 0.3) is 5.88 Å². The molecule has 5 rings (SSSR count). The number of nitrogens with one attached hydrogen (secondary N) is 1. The van der Waals surface area contributed by atoms with Crippen LogP contribution in [0.5, 0.6) is 0 Å². The van der Waals surface area contributed by atoms with E-state index < -0.39 is 22.4 Å². The zero-order valence-corrected chi connectivity index (χ0v) is 18.4. The fourth-order valence-corrected chi connectivity index (χ4v) is 4.46. The summed E-state index contributed by atoms with van der Waals surface area (Å²) in [5.41, 5.74) is 1.22. The van der Waals surface area contributed by atoms with Gasteiger partial charge in [-0.1, -0.05) is 78.3 Å². The first-order chi connectivity index (χ1) is 16.5. The summed E-state index contributed by atoms with van der Waals surface area (Å²) >= 11 is 6.19. The number of ether oxygens (including phenoxy) is 1. The van der Waals surface area contributed by atoms with E-state index in [0.29, 0.717) is 10.6 Å². The van der Waals surface area contributed by atoms with Crippen LogP contribution in [-0.4, -0.2) is 16.5 Å². The number of allylic oxidation sites excluding steroid dienone is 2. The molecule has 0 fully saturated rings. The molecular formula is C26H17ClN2O5. The van der Waals surface area contributed by atoms with Gasteiger partial charge in [-0.25, -0.2) is 0 Å². The van der Waals surface area contributed by atoms with Gasteiger partial charge in [-0.05, 0) is 23.3 Å². The third-order valence-electron chi connectivity index (χ3n) is 5.79. The summed E-state index contributed by atoms with van der Waals surface area (Å²) in [6, 6.07) is 22.1. The van der Waals surface area contributed by atoms with Crippen LogP contribution in [0.25, 0.3) is 0 Å². The van der Waals surface area contributed by atoms with Crippen LogP contribution < -0.4 is 5.32 Å². The Hall–Kier alpha value is -4.23. The van der Waals surface area contributed by atoms with Crippen molar-refractivity contribution in [1.29, 1.82) is 0 Å². The molecule has 1 heterocycles. The highest BCUT2D eigenvalue weighted by Gasteiger charge is 2.48. The second-order valence-electron chi connectivity index (χ2n) is 7.85. The number of halogens is 1. The number of fused-ring (bicyclic) bond motifs is 1. The summed E-state index contributed by atoms with van der Waals surface area (Å²) in [6.45, 7) is 0.219. The number of nitrogens with zero attached hydrogens (tertiary/aromatic N) is 1. The van der Waals surface area contributed by atoms with Gasteiger partial charge in [0.15, 0.2) is 11.5 Å². The Kier molecular flexibility index (Phi) is 5.47. The molecule has 3 aromatic carbocycles. The number of benzene rings is 3. The monoisotopic (exact) mass is 472 g/mol. The molecule has 1 aliphatic carbocycles. The van der Waals surface area contributed by atoms with Crippen molar-refractivity contribution in [2.45, 2.75) is 12.5 Å². The molecule has 0 saturated carbocycles. The highest BCUT2D eigenvalue weighted by atomic mass is 35.5. The quantitative estimate of drug-likeness (QED) is 0.413. The number of rotatable bonds is 5. The third kappa shape index (κ3) is 3.66. The van der Waals surface area contributed by atoms with E-state index in [9.17, 15) is 19.7 Å². The molecule has 1 unspecified atom stereocenters. The van der Waals surface area contributed by atoms with E-state index in [2.05, 4.69) is 5.32 Å². The van der Waals surface area contributed by atoms with Crippen molar-refractivity contribution in [2.75, 3.05) is 0 Å². The van der Waals surface area contributed by atoms with Gasteiger partial charge in [-0.3, -0.25) is 19.7 Å². The van der Waals surface area contributed by atoms with Crippen LogP contribution in [0, 0.1) is 10.1 Å². The van der Waals surface area contributed by atoms with Gasteiger partial charge in [0.05, 0.1) is 10.5 Å². The Balaban J connectivity index is 1.68. The minimum absolute atomic E-state index is 0.0667. The maximum absolute atomic E-state index is 13.5. The van der Waals surface area contributed by atoms with Crippen molar-refractivity contribution >= 4 is 23.2 Å². The molecule has 0 amide bonds. The van der Waals surface area contributed by atoms with Gasteiger partial charge >= 0.3 is 5.70 Å². The van der Waals surface area contributed by atoms with E-state index in [4.69, 9.17) is 16.3 Å². The molecule has 34 heavy (non-hydrogen) atoms. The number of hydrogen-bond donors (Lipinski definition) is 1. The Morgan fingerprint density at radius 1 is 0.912 bits per heavy atom.